The summed E-state index contributed by atoms with van der Waals surface area (Å²) in [6.45, 7) is 0. The molecule has 7 aromatic carbocycles. The molecule has 9 rings (SSSR count). The van der Waals surface area contributed by atoms with Crippen molar-refractivity contribution in [3.05, 3.63) is 140 Å². The van der Waals surface area contributed by atoms with Crippen LogP contribution in [0.1, 0.15) is 0 Å². The Morgan fingerprint density at radius 2 is 1.15 bits per heavy atom. The molecular formula is C38H23NO. The van der Waals surface area contributed by atoms with Crippen molar-refractivity contribution in [2.75, 3.05) is 0 Å². The number of benzene rings is 7. The zero-order valence-electron chi connectivity index (χ0n) is 21.6. The Hall–Kier alpha value is -5.34. The summed E-state index contributed by atoms with van der Waals surface area (Å²) in [6, 6.07) is 50.1. The average molecular weight is 510 g/mol. The SMILES string of the molecule is c1cc(-c2cccc3oc4ccccc4c23)cc(-n2c3ccc4ccccc4c3c3ccc4ccccc4c32)c1. The van der Waals surface area contributed by atoms with Gasteiger partial charge in [0, 0.05) is 32.6 Å². The third-order valence-electron chi connectivity index (χ3n) is 8.36. The van der Waals surface area contributed by atoms with Crippen molar-refractivity contribution < 1.29 is 4.42 Å². The zero-order valence-corrected chi connectivity index (χ0v) is 21.6. The second kappa shape index (κ2) is 8.08. The number of rotatable bonds is 2. The number of hydrogen-bond acceptors (Lipinski definition) is 1. The molecule has 2 heteroatoms. The van der Waals surface area contributed by atoms with Gasteiger partial charge in [0.2, 0.25) is 0 Å². The summed E-state index contributed by atoms with van der Waals surface area (Å²) in [7, 11) is 0. The number of furan rings is 1. The van der Waals surface area contributed by atoms with E-state index in [-0.39, 0.29) is 0 Å². The fraction of sp³-hybridized carbons (Fsp3) is 0. The van der Waals surface area contributed by atoms with E-state index in [1.807, 2.05) is 12.1 Å². The average Bonchev–Trinajstić information content (AvgIpc) is 3.57. The third kappa shape index (κ3) is 2.93. The lowest BCUT2D eigenvalue weighted by atomic mass is 9.99. The van der Waals surface area contributed by atoms with Crippen LogP contribution in [0, 0.1) is 0 Å². The molecule has 2 nitrogen and oxygen atoms in total. The van der Waals surface area contributed by atoms with E-state index in [2.05, 4.69) is 132 Å². The summed E-state index contributed by atoms with van der Waals surface area (Å²) in [5.41, 5.74) is 7.79. The summed E-state index contributed by atoms with van der Waals surface area (Å²) in [4.78, 5) is 0. The van der Waals surface area contributed by atoms with Gasteiger partial charge in [0.25, 0.3) is 0 Å². The maximum Gasteiger partial charge on any atom is 0.136 e. The first-order chi connectivity index (χ1) is 19.8. The zero-order chi connectivity index (χ0) is 26.2. The Bertz CT molecular complexity index is 2440. The van der Waals surface area contributed by atoms with Gasteiger partial charge in [-0.3, -0.25) is 0 Å². The molecule has 0 radical (unpaired) electrons. The highest BCUT2D eigenvalue weighted by atomic mass is 16.3. The van der Waals surface area contributed by atoms with Crippen LogP contribution in [0.5, 0.6) is 0 Å². The highest BCUT2D eigenvalue weighted by molar-refractivity contribution is 6.26. The van der Waals surface area contributed by atoms with Crippen LogP contribution in [-0.4, -0.2) is 4.57 Å². The van der Waals surface area contributed by atoms with Crippen molar-refractivity contribution in [3.8, 4) is 16.8 Å². The van der Waals surface area contributed by atoms with Crippen LogP contribution < -0.4 is 0 Å². The molecule has 9 aromatic rings. The molecule has 0 saturated carbocycles. The molecule has 0 saturated heterocycles. The molecule has 0 unspecified atom stereocenters. The Morgan fingerprint density at radius 1 is 0.450 bits per heavy atom. The summed E-state index contributed by atoms with van der Waals surface area (Å²) in [5.74, 6) is 0. The predicted octanol–water partition coefficient (Wildman–Crippen LogP) is 10.7. The molecule has 0 aliphatic carbocycles. The minimum Gasteiger partial charge on any atom is -0.456 e. The van der Waals surface area contributed by atoms with Crippen molar-refractivity contribution >= 4 is 65.3 Å². The third-order valence-corrected chi connectivity index (χ3v) is 8.36. The van der Waals surface area contributed by atoms with Crippen LogP contribution in [0.15, 0.2) is 144 Å². The lowest BCUT2D eigenvalue weighted by Crippen LogP contribution is -1.95. The fourth-order valence-electron chi connectivity index (χ4n) is 6.64. The number of aromatic nitrogens is 1. The van der Waals surface area contributed by atoms with Crippen LogP contribution in [-0.2, 0) is 0 Å². The van der Waals surface area contributed by atoms with Crippen molar-refractivity contribution in [2.45, 2.75) is 0 Å². The van der Waals surface area contributed by atoms with Crippen LogP contribution in [0.4, 0.5) is 0 Å². The van der Waals surface area contributed by atoms with Gasteiger partial charge in [0.1, 0.15) is 11.2 Å². The molecule has 2 heterocycles. The Kier molecular flexibility index (Phi) is 4.36. The maximum absolute atomic E-state index is 6.22. The minimum absolute atomic E-state index is 0.915. The Labute approximate surface area is 230 Å². The molecule has 0 amide bonds. The van der Waals surface area contributed by atoms with Crippen LogP contribution in [0.3, 0.4) is 0 Å². The van der Waals surface area contributed by atoms with E-state index < -0.39 is 0 Å². The second-order valence-electron chi connectivity index (χ2n) is 10.5. The Balaban J connectivity index is 1.40. The van der Waals surface area contributed by atoms with E-state index in [0.717, 1.165) is 27.6 Å². The van der Waals surface area contributed by atoms with Gasteiger partial charge in [0.15, 0.2) is 0 Å². The van der Waals surface area contributed by atoms with Crippen LogP contribution in [0.25, 0.3) is 82.1 Å². The quantitative estimate of drug-likeness (QED) is 0.227. The monoisotopic (exact) mass is 509 g/mol. The molecule has 0 atom stereocenters. The lowest BCUT2D eigenvalue weighted by Gasteiger charge is -2.12. The molecule has 40 heavy (non-hydrogen) atoms. The first kappa shape index (κ1) is 21.6. The molecule has 0 spiro atoms. The number of fused-ring (bicyclic) bond motifs is 10. The summed E-state index contributed by atoms with van der Waals surface area (Å²) < 4.78 is 8.67. The second-order valence-corrected chi connectivity index (χ2v) is 10.5. The van der Waals surface area contributed by atoms with E-state index in [1.165, 1.54) is 54.5 Å². The Morgan fingerprint density at radius 3 is 2.05 bits per heavy atom. The first-order valence-electron chi connectivity index (χ1n) is 13.7. The normalized spacial score (nSPS) is 12.0. The molecule has 2 aromatic heterocycles. The first-order valence-corrected chi connectivity index (χ1v) is 13.7. The van der Waals surface area contributed by atoms with Gasteiger partial charge < -0.3 is 8.98 Å². The molecule has 0 bridgehead atoms. The standard InChI is InChI=1S/C38H23NO/c1-3-13-28-24(9-1)20-22-33-36(28)32-21-19-25-10-2-4-14-30(25)38(32)39(33)27-12-7-11-26(23-27)29-16-8-18-35-37(29)31-15-5-6-17-34(31)40-35/h1-23H. The van der Waals surface area contributed by atoms with Crippen molar-refractivity contribution in [1.29, 1.82) is 0 Å². The number of nitrogens with zero attached hydrogens (tertiary/aromatic N) is 1. The molecule has 0 aliphatic rings. The highest BCUT2D eigenvalue weighted by Crippen LogP contribution is 2.41. The number of para-hydroxylation sites is 1. The van der Waals surface area contributed by atoms with Gasteiger partial charge in [-0.25, -0.2) is 0 Å². The van der Waals surface area contributed by atoms with Gasteiger partial charge in [-0.2, -0.15) is 0 Å². The summed E-state index contributed by atoms with van der Waals surface area (Å²) >= 11 is 0. The smallest absolute Gasteiger partial charge is 0.136 e. The highest BCUT2D eigenvalue weighted by Gasteiger charge is 2.18. The molecular weight excluding hydrogens is 486 g/mol. The van der Waals surface area contributed by atoms with Gasteiger partial charge in [-0.15, -0.1) is 0 Å². The fourth-order valence-corrected chi connectivity index (χ4v) is 6.64. The van der Waals surface area contributed by atoms with Gasteiger partial charge in [-0.05, 0) is 57.6 Å². The lowest BCUT2D eigenvalue weighted by molar-refractivity contribution is 0.669. The largest absolute Gasteiger partial charge is 0.456 e. The summed E-state index contributed by atoms with van der Waals surface area (Å²) in [6.07, 6.45) is 0. The van der Waals surface area contributed by atoms with Crippen molar-refractivity contribution in [1.82, 2.24) is 4.57 Å². The van der Waals surface area contributed by atoms with Crippen molar-refractivity contribution in [3.63, 3.8) is 0 Å². The predicted molar refractivity (Wildman–Crippen MR) is 169 cm³/mol. The van der Waals surface area contributed by atoms with E-state index in [4.69, 9.17) is 4.42 Å². The van der Waals surface area contributed by atoms with Crippen molar-refractivity contribution in [2.24, 2.45) is 0 Å². The molecule has 0 N–H and O–H groups in total. The van der Waals surface area contributed by atoms with E-state index in [0.29, 0.717) is 0 Å². The molecule has 0 fully saturated rings. The van der Waals surface area contributed by atoms with Gasteiger partial charge in [0.05, 0.1) is 11.0 Å². The molecule has 0 aliphatic heterocycles. The summed E-state index contributed by atoms with van der Waals surface area (Å²) in [5, 5.41) is 9.93. The van der Waals surface area contributed by atoms with E-state index in [9.17, 15) is 0 Å². The topological polar surface area (TPSA) is 18.1 Å². The van der Waals surface area contributed by atoms with E-state index in [1.54, 1.807) is 0 Å². The van der Waals surface area contributed by atoms with Gasteiger partial charge in [-0.1, -0.05) is 109 Å². The van der Waals surface area contributed by atoms with Crippen LogP contribution >= 0.6 is 0 Å². The minimum atomic E-state index is 0.915. The molecule has 186 valence electrons. The number of hydrogen-bond donors (Lipinski definition) is 0. The van der Waals surface area contributed by atoms with E-state index >= 15 is 0 Å². The maximum atomic E-state index is 6.22. The van der Waals surface area contributed by atoms with Gasteiger partial charge >= 0.3 is 0 Å². The van der Waals surface area contributed by atoms with Crippen LogP contribution in [0.2, 0.25) is 0 Å².